The minimum atomic E-state index is -0.988. The van der Waals surface area contributed by atoms with Crippen molar-refractivity contribution in [2.45, 2.75) is 25.9 Å². The van der Waals surface area contributed by atoms with Gasteiger partial charge in [-0.15, -0.1) is 11.3 Å². The number of nitrogens with zero attached hydrogens (tertiary/aromatic N) is 1. The molecule has 1 aromatic heterocycles. The SMILES string of the molecule is COC(=O)c1c(NC(=O)C(=O)N/N=C/c2cccc(OCc3ccccc3F)c2)sc2c1CCC2. The van der Waals surface area contributed by atoms with Gasteiger partial charge in [0.05, 0.1) is 18.9 Å². The summed E-state index contributed by atoms with van der Waals surface area (Å²) in [6, 6.07) is 13.1. The molecule has 4 rings (SSSR count). The van der Waals surface area contributed by atoms with E-state index < -0.39 is 17.8 Å². The van der Waals surface area contributed by atoms with Gasteiger partial charge in [-0.2, -0.15) is 5.10 Å². The number of halogens is 1. The number of esters is 1. The van der Waals surface area contributed by atoms with Crippen molar-refractivity contribution in [3.05, 3.63) is 81.5 Å². The summed E-state index contributed by atoms with van der Waals surface area (Å²) in [5, 5.41) is 6.60. The van der Waals surface area contributed by atoms with E-state index in [0.717, 1.165) is 29.7 Å². The summed E-state index contributed by atoms with van der Waals surface area (Å²) >= 11 is 1.28. The zero-order valence-corrected chi connectivity index (χ0v) is 19.6. The van der Waals surface area contributed by atoms with Gasteiger partial charge in [0.2, 0.25) is 0 Å². The van der Waals surface area contributed by atoms with Gasteiger partial charge in [0, 0.05) is 10.4 Å². The molecule has 0 fully saturated rings. The number of anilines is 1. The Hall–Kier alpha value is -4.05. The average molecular weight is 496 g/mol. The molecular weight excluding hydrogens is 473 g/mol. The molecule has 2 N–H and O–H groups in total. The van der Waals surface area contributed by atoms with Crippen LogP contribution >= 0.6 is 11.3 Å². The Balaban J connectivity index is 1.34. The number of carbonyl (C=O) groups is 3. The number of hydrogen-bond donors (Lipinski definition) is 2. The lowest BCUT2D eigenvalue weighted by atomic mass is 10.1. The fourth-order valence-corrected chi connectivity index (χ4v) is 4.92. The van der Waals surface area contributed by atoms with E-state index in [-0.39, 0.29) is 12.4 Å². The highest BCUT2D eigenvalue weighted by atomic mass is 32.1. The molecule has 0 spiro atoms. The number of aryl methyl sites for hydroxylation is 1. The van der Waals surface area contributed by atoms with Gasteiger partial charge in [-0.1, -0.05) is 30.3 Å². The number of methoxy groups -OCH3 is 1. The molecule has 0 radical (unpaired) electrons. The third-order valence-electron chi connectivity index (χ3n) is 5.33. The molecule has 2 amide bonds. The lowest BCUT2D eigenvalue weighted by molar-refractivity contribution is -0.136. The van der Waals surface area contributed by atoms with E-state index in [1.54, 1.807) is 42.5 Å². The standard InChI is InChI=1S/C25H22FN3O5S/c1-33-25(32)21-18-9-5-11-20(18)35-24(21)28-22(30)23(31)29-27-13-15-6-4-8-17(12-15)34-14-16-7-2-3-10-19(16)26/h2-4,6-8,10,12-13H,5,9,11,14H2,1H3,(H,28,30)(H,29,31)/b27-13+. The fraction of sp³-hybridized carbons (Fsp3) is 0.200. The number of nitrogens with one attached hydrogen (secondary N) is 2. The van der Waals surface area contributed by atoms with Crippen molar-refractivity contribution >= 4 is 40.3 Å². The Bertz CT molecular complexity index is 1300. The van der Waals surface area contributed by atoms with Crippen LogP contribution in [0.4, 0.5) is 9.39 Å². The monoisotopic (exact) mass is 495 g/mol. The highest BCUT2D eigenvalue weighted by Crippen LogP contribution is 2.39. The second-order valence-corrected chi connectivity index (χ2v) is 8.76. The summed E-state index contributed by atoms with van der Waals surface area (Å²) in [4.78, 5) is 37.8. The highest BCUT2D eigenvalue weighted by Gasteiger charge is 2.29. The first-order valence-corrected chi connectivity index (χ1v) is 11.6. The minimum absolute atomic E-state index is 0.0594. The smallest absolute Gasteiger partial charge is 0.341 e. The van der Waals surface area contributed by atoms with Gasteiger partial charge < -0.3 is 14.8 Å². The lowest BCUT2D eigenvalue weighted by Crippen LogP contribution is -2.32. The predicted molar refractivity (Wildman–Crippen MR) is 129 cm³/mol. The molecule has 0 saturated carbocycles. The molecule has 0 aliphatic heterocycles. The van der Waals surface area contributed by atoms with Crippen molar-refractivity contribution in [1.82, 2.24) is 5.43 Å². The summed E-state index contributed by atoms with van der Waals surface area (Å²) in [6.45, 7) is 0.0594. The Kier molecular flexibility index (Phi) is 7.51. The zero-order chi connectivity index (χ0) is 24.8. The second kappa shape index (κ2) is 10.9. The molecule has 0 unspecified atom stereocenters. The number of fused-ring (bicyclic) bond motifs is 1. The summed E-state index contributed by atoms with van der Waals surface area (Å²) in [5.41, 5.74) is 4.36. The largest absolute Gasteiger partial charge is 0.489 e. The maximum Gasteiger partial charge on any atom is 0.341 e. The van der Waals surface area contributed by atoms with E-state index in [0.29, 0.717) is 27.4 Å². The van der Waals surface area contributed by atoms with Crippen LogP contribution < -0.4 is 15.5 Å². The third kappa shape index (κ3) is 5.72. The maximum atomic E-state index is 13.7. The molecule has 180 valence electrons. The van der Waals surface area contributed by atoms with Gasteiger partial charge in [0.25, 0.3) is 0 Å². The molecule has 0 saturated heterocycles. The molecule has 1 heterocycles. The predicted octanol–water partition coefficient (Wildman–Crippen LogP) is 3.83. The van der Waals surface area contributed by atoms with Crippen LogP contribution in [0, 0.1) is 5.82 Å². The van der Waals surface area contributed by atoms with E-state index in [2.05, 4.69) is 15.8 Å². The number of hydrazone groups is 1. The van der Waals surface area contributed by atoms with E-state index in [4.69, 9.17) is 9.47 Å². The van der Waals surface area contributed by atoms with E-state index >= 15 is 0 Å². The molecule has 1 aliphatic carbocycles. The van der Waals surface area contributed by atoms with Gasteiger partial charge in [-0.25, -0.2) is 14.6 Å². The van der Waals surface area contributed by atoms with Crippen molar-refractivity contribution < 1.29 is 28.2 Å². The second-order valence-electron chi connectivity index (χ2n) is 7.66. The first kappa shape index (κ1) is 24.1. The number of carbonyl (C=O) groups excluding carboxylic acids is 3. The average Bonchev–Trinajstić information content (AvgIpc) is 3.44. The third-order valence-corrected chi connectivity index (χ3v) is 6.54. The van der Waals surface area contributed by atoms with Crippen LogP contribution in [0.5, 0.6) is 5.75 Å². The van der Waals surface area contributed by atoms with Gasteiger partial charge >= 0.3 is 17.8 Å². The number of rotatable bonds is 7. The topological polar surface area (TPSA) is 106 Å². The fourth-order valence-electron chi connectivity index (χ4n) is 3.65. The Morgan fingerprint density at radius 1 is 1.11 bits per heavy atom. The number of amides is 2. The Morgan fingerprint density at radius 2 is 1.94 bits per heavy atom. The summed E-state index contributed by atoms with van der Waals surface area (Å²) in [5.74, 6) is -2.35. The van der Waals surface area contributed by atoms with E-state index in [1.165, 1.54) is 30.7 Å². The number of ether oxygens (including phenoxy) is 2. The summed E-state index contributed by atoms with van der Waals surface area (Å²) < 4.78 is 24.2. The molecular formula is C25H22FN3O5S. The zero-order valence-electron chi connectivity index (χ0n) is 18.8. The summed E-state index contributed by atoms with van der Waals surface area (Å²) in [6.07, 6.45) is 3.83. The van der Waals surface area contributed by atoms with Crippen LogP contribution in [0.1, 0.15) is 38.3 Å². The van der Waals surface area contributed by atoms with Crippen LogP contribution in [-0.4, -0.2) is 31.1 Å². The van der Waals surface area contributed by atoms with Crippen LogP contribution in [0.3, 0.4) is 0 Å². The maximum absolute atomic E-state index is 13.7. The van der Waals surface area contributed by atoms with Crippen LogP contribution in [0.15, 0.2) is 53.6 Å². The Labute approximate surface area is 204 Å². The normalized spacial score (nSPS) is 12.3. The molecule has 10 heteroatoms. The lowest BCUT2D eigenvalue weighted by Gasteiger charge is -2.07. The number of benzene rings is 2. The molecule has 2 aromatic carbocycles. The number of thiophene rings is 1. The molecule has 35 heavy (non-hydrogen) atoms. The summed E-state index contributed by atoms with van der Waals surface area (Å²) in [7, 11) is 1.27. The molecule has 8 nitrogen and oxygen atoms in total. The van der Waals surface area contributed by atoms with Crippen LogP contribution in [0.25, 0.3) is 0 Å². The van der Waals surface area contributed by atoms with E-state index in [1.807, 2.05) is 0 Å². The molecule has 0 bridgehead atoms. The quantitative estimate of drug-likeness (QED) is 0.224. The van der Waals surface area contributed by atoms with Crippen molar-refractivity contribution in [1.29, 1.82) is 0 Å². The van der Waals surface area contributed by atoms with E-state index in [9.17, 15) is 18.8 Å². The number of hydrogen-bond acceptors (Lipinski definition) is 7. The van der Waals surface area contributed by atoms with Crippen LogP contribution in [-0.2, 0) is 33.8 Å². The van der Waals surface area contributed by atoms with Gasteiger partial charge in [0.15, 0.2) is 0 Å². The molecule has 0 atom stereocenters. The van der Waals surface area contributed by atoms with Crippen molar-refractivity contribution in [3.8, 4) is 5.75 Å². The van der Waals surface area contributed by atoms with Crippen molar-refractivity contribution in [2.75, 3.05) is 12.4 Å². The Morgan fingerprint density at radius 3 is 2.74 bits per heavy atom. The minimum Gasteiger partial charge on any atom is -0.489 e. The first-order chi connectivity index (χ1) is 17.0. The van der Waals surface area contributed by atoms with Gasteiger partial charge in [-0.05, 0) is 48.6 Å². The molecule has 3 aromatic rings. The first-order valence-electron chi connectivity index (χ1n) is 10.8. The highest BCUT2D eigenvalue weighted by molar-refractivity contribution is 7.17. The van der Waals surface area contributed by atoms with Gasteiger partial charge in [-0.3, -0.25) is 9.59 Å². The molecule has 1 aliphatic rings. The van der Waals surface area contributed by atoms with Gasteiger partial charge in [0.1, 0.15) is 23.2 Å². The van der Waals surface area contributed by atoms with Crippen molar-refractivity contribution in [2.24, 2.45) is 5.10 Å². The van der Waals surface area contributed by atoms with Crippen molar-refractivity contribution in [3.63, 3.8) is 0 Å². The van der Waals surface area contributed by atoms with Crippen LogP contribution in [0.2, 0.25) is 0 Å².